The molecule has 1 N–H and O–H groups in total. The molecule has 0 aliphatic carbocycles. The van der Waals surface area contributed by atoms with Crippen molar-refractivity contribution in [3.63, 3.8) is 0 Å². The van der Waals surface area contributed by atoms with Gasteiger partial charge in [0, 0.05) is 39.3 Å². The van der Waals surface area contributed by atoms with E-state index < -0.39 is 11.9 Å². The number of hydrogen-bond donors (Lipinski definition) is 1. The summed E-state index contributed by atoms with van der Waals surface area (Å²) in [4.78, 5) is 37.4. The van der Waals surface area contributed by atoms with Gasteiger partial charge in [-0.15, -0.1) is 0 Å². The van der Waals surface area contributed by atoms with Crippen LogP contribution in [0.3, 0.4) is 0 Å². The van der Waals surface area contributed by atoms with Gasteiger partial charge in [0.05, 0.1) is 12.8 Å². The second-order valence-electron chi connectivity index (χ2n) is 6.26. The maximum absolute atomic E-state index is 12.7. The van der Waals surface area contributed by atoms with E-state index in [1.54, 1.807) is 20.0 Å². The molecule has 2 aromatic heterocycles. The molecule has 27 heavy (non-hydrogen) atoms. The summed E-state index contributed by atoms with van der Waals surface area (Å²) in [5, 5.41) is 6.72. The fraction of sp³-hybridized carbons (Fsp3) is 0.471. The number of nitrogens with one attached hydrogen (secondary N) is 1. The smallest absolute Gasteiger partial charge is 0.343 e. The number of amides is 1. The first-order valence-electron chi connectivity index (χ1n) is 8.75. The molecule has 1 aliphatic heterocycles. The van der Waals surface area contributed by atoms with Crippen LogP contribution >= 0.6 is 0 Å². The maximum atomic E-state index is 12.7. The number of aromatic nitrogens is 4. The summed E-state index contributed by atoms with van der Waals surface area (Å²) in [5.41, 5.74) is 0.413. The molecule has 0 spiro atoms. The number of esters is 1. The van der Waals surface area contributed by atoms with E-state index in [1.165, 1.54) is 17.2 Å². The minimum absolute atomic E-state index is 0.195. The number of hydrogen-bond acceptors (Lipinski definition) is 8. The Morgan fingerprint density at radius 2 is 1.93 bits per heavy atom. The van der Waals surface area contributed by atoms with Crippen molar-refractivity contribution in [2.75, 3.05) is 50.1 Å². The Bertz CT molecular complexity index is 828. The van der Waals surface area contributed by atoms with Gasteiger partial charge in [0.25, 0.3) is 5.91 Å². The van der Waals surface area contributed by atoms with E-state index in [9.17, 15) is 9.59 Å². The number of rotatable bonds is 5. The second kappa shape index (κ2) is 8.12. The standard InChI is InChI=1S/C17H23N7O3/c1-4-27-17(26)12-10-20-23(3)15(12)21-16(25)13-9-14(19-11-18-13)24-7-5-22(2)6-8-24/h9-11H,4-8H2,1-3H3,(H,21,25). The van der Waals surface area contributed by atoms with Gasteiger partial charge in [-0.05, 0) is 14.0 Å². The van der Waals surface area contributed by atoms with E-state index >= 15 is 0 Å². The number of carbonyl (C=O) groups is 2. The van der Waals surface area contributed by atoms with Gasteiger partial charge in [-0.3, -0.25) is 9.48 Å². The van der Waals surface area contributed by atoms with Crippen LogP contribution < -0.4 is 10.2 Å². The summed E-state index contributed by atoms with van der Waals surface area (Å²) >= 11 is 0. The minimum atomic E-state index is -0.540. The van der Waals surface area contributed by atoms with Crippen molar-refractivity contribution in [2.24, 2.45) is 7.05 Å². The number of ether oxygens (including phenoxy) is 1. The van der Waals surface area contributed by atoms with Crippen molar-refractivity contribution < 1.29 is 14.3 Å². The molecule has 1 amide bonds. The van der Waals surface area contributed by atoms with Gasteiger partial charge < -0.3 is 19.9 Å². The van der Waals surface area contributed by atoms with Crippen LogP contribution in [0.1, 0.15) is 27.8 Å². The van der Waals surface area contributed by atoms with Crippen LogP contribution in [-0.2, 0) is 11.8 Å². The van der Waals surface area contributed by atoms with Crippen LogP contribution in [0.15, 0.2) is 18.6 Å². The number of piperazine rings is 1. The van der Waals surface area contributed by atoms with E-state index in [-0.39, 0.29) is 23.7 Å². The quantitative estimate of drug-likeness (QED) is 0.751. The molecular formula is C17H23N7O3. The third-order valence-corrected chi connectivity index (χ3v) is 4.38. The fourth-order valence-corrected chi connectivity index (χ4v) is 2.80. The molecule has 2 aromatic rings. The van der Waals surface area contributed by atoms with Crippen molar-refractivity contribution in [2.45, 2.75) is 6.92 Å². The number of carbonyl (C=O) groups excluding carboxylic acids is 2. The van der Waals surface area contributed by atoms with Crippen molar-refractivity contribution in [3.8, 4) is 0 Å². The first kappa shape index (κ1) is 18.8. The van der Waals surface area contributed by atoms with Crippen LogP contribution in [0, 0.1) is 0 Å². The molecule has 1 aliphatic rings. The average molecular weight is 373 g/mol. The molecule has 10 nitrogen and oxygen atoms in total. The molecule has 0 radical (unpaired) electrons. The van der Waals surface area contributed by atoms with E-state index in [0.29, 0.717) is 5.82 Å². The maximum Gasteiger partial charge on any atom is 0.343 e. The van der Waals surface area contributed by atoms with Crippen molar-refractivity contribution >= 4 is 23.5 Å². The summed E-state index contributed by atoms with van der Waals surface area (Å²) < 4.78 is 6.41. The van der Waals surface area contributed by atoms with E-state index in [4.69, 9.17) is 4.74 Å². The number of nitrogens with zero attached hydrogens (tertiary/aromatic N) is 6. The van der Waals surface area contributed by atoms with Crippen LogP contribution in [0.4, 0.5) is 11.6 Å². The lowest BCUT2D eigenvalue weighted by molar-refractivity contribution is 0.0527. The Hall–Kier alpha value is -3.01. The molecule has 3 heterocycles. The molecule has 3 rings (SSSR count). The zero-order valence-corrected chi connectivity index (χ0v) is 15.7. The summed E-state index contributed by atoms with van der Waals surface area (Å²) in [5.74, 6) is -0.0132. The topological polar surface area (TPSA) is 105 Å². The van der Waals surface area contributed by atoms with Crippen molar-refractivity contribution in [1.29, 1.82) is 0 Å². The Morgan fingerprint density at radius 1 is 1.19 bits per heavy atom. The largest absolute Gasteiger partial charge is 0.462 e. The van der Waals surface area contributed by atoms with Gasteiger partial charge in [-0.2, -0.15) is 5.10 Å². The summed E-state index contributed by atoms with van der Waals surface area (Å²) in [7, 11) is 3.71. The van der Waals surface area contributed by atoms with Gasteiger partial charge >= 0.3 is 5.97 Å². The molecule has 0 unspecified atom stereocenters. The zero-order chi connectivity index (χ0) is 19.4. The molecule has 1 saturated heterocycles. The highest BCUT2D eigenvalue weighted by atomic mass is 16.5. The molecular weight excluding hydrogens is 350 g/mol. The van der Waals surface area contributed by atoms with Gasteiger partial charge in [0.2, 0.25) is 0 Å². The lowest BCUT2D eigenvalue weighted by Crippen LogP contribution is -2.44. The van der Waals surface area contributed by atoms with E-state index in [1.807, 2.05) is 0 Å². The summed E-state index contributed by atoms with van der Waals surface area (Å²) in [6.45, 7) is 5.49. The second-order valence-corrected chi connectivity index (χ2v) is 6.26. The Morgan fingerprint density at radius 3 is 2.63 bits per heavy atom. The lowest BCUT2D eigenvalue weighted by atomic mass is 10.3. The molecule has 1 fully saturated rings. The highest BCUT2D eigenvalue weighted by Crippen LogP contribution is 2.18. The van der Waals surface area contributed by atoms with E-state index in [2.05, 4.69) is 37.2 Å². The molecule has 0 atom stereocenters. The SMILES string of the molecule is CCOC(=O)c1cnn(C)c1NC(=O)c1cc(N2CCN(C)CC2)ncn1. The Balaban J connectivity index is 1.77. The third-order valence-electron chi connectivity index (χ3n) is 4.38. The minimum Gasteiger partial charge on any atom is -0.462 e. The number of anilines is 2. The van der Waals surface area contributed by atoms with E-state index in [0.717, 1.165) is 26.2 Å². The first-order chi connectivity index (χ1) is 13.0. The predicted octanol–water partition coefficient (Wildman–Crippen LogP) is 0.391. The predicted molar refractivity (Wildman–Crippen MR) is 98.9 cm³/mol. The highest BCUT2D eigenvalue weighted by molar-refractivity contribution is 6.06. The van der Waals surface area contributed by atoms with Crippen LogP contribution in [0.25, 0.3) is 0 Å². The van der Waals surface area contributed by atoms with Gasteiger partial charge in [-0.25, -0.2) is 14.8 Å². The summed E-state index contributed by atoms with van der Waals surface area (Å²) in [6.07, 6.45) is 2.74. The Labute approximate surface area is 157 Å². The lowest BCUT2D eigenvalue weighted by Gasteiger charge is -2.33. The summed E-state index contributed by atoms with van der Waals surface area (Å²) in [6, 6.07) is 1.65. The monoisotopic (exact) mass is 373 g/mol. The van der Waals surface area contributed by atoms with Crippen molar-refractivity contribution in [3.05, 3.63) is 29.8 Å². The average Bonchev–Trinajstić information content (AvgIpc) is 3.03. The zero-order valence-electron chi connectivity index (χ0n) is 15.7. The molecule has 0 saturated carbocycles. The van der Waals surface area contributed by atoms with Gasteiger partial charge in [-0.1, -0.05) is 0 Å². The number of likely N-dealkylation sites (N-methyl/N-ethyl adjacent to an activating group) is 1. The van der Waals surface area contributed by atoms with Crippen LogP contribution in [0.5, 0.6) is 0 Å². The molecule has 0 aromatic carbocycles. The third kappa shape index (κ3) is 4.22. The fourth-order valence-electron chi connectivity index (χ4n) is 2.80. The van der Waals surface area contributed by atoms with Gasteiger partial charge in [0.1, 0.15) is 29.2 Å². The highest BCUT2D eigenvalue weighted by Gasteiger charge is 2.21. The number of aryl methyl sites for hydroxylation is 1. The molecule has 0 bridgehead atoms. The van der Waals surface area contributed by atoms with Crippen molar-refractivity contribution in [1.82, 2.24) is 24.6 Å². The first-order valence-corrected chi connectivity index (χ1v) is 8.75. The Kier molecular flexibility index (Phi) is 5.65. The van der Waals surface area contributed by atoms with Gasteiger partial charge in [0.15, 0.2) is 0 Å². The normalized spacial score (nSPS) is 14.9. The van der Waals surface area contributed by atoms with Crippen LogP contribution in [-0.4, -0.2) is 76.4 Å². The molecule has 144 valence electrons. The van der Waals surface area contributed by atoms with Crippen LogP contribution in [0.2, 0.25) is 0 Å². The molecule has 10 heteroatoms.